The molecule has 0 aliphatic heterocycles. The Hall–Kier alpha value is -1.94. The van der Waals surface area contributed by atoms with Crippen molar-refractivity contribution in [1.82, 2.24) is 0 Å². The minimum absolute atomic E-state index is 0.105. The average Bonchev–Trinajstić information content (AvgIpc) is 1.15. The maximum atomic E-state index is 13.1. The molecular weight excluding hydrogens is 1260 g/mol. The molecule has 7 atom stereocenters. The van der Waals surface area contributed by atoms with Gasteiger partial charge in [0.05, 0.1) is 26.4 Å². The molecular formula is C77H150O17P2. The molecule has 17 nitrogen and oxygen atoms in total. The standard InChI is InChI=1S/C77H150O17P2/c1-8-11-12-13-14-15-16-17-18-22-25-31-36-44-51-58-74(79)87-64-72(93-76(81)60-53-46-37-32-26-23-20-19-21-24-29-34-41-48-55-68(4)5)66-91-95(83,84)89-62-71(78)63-90-96(85,86)92-67-73(65-88-75(80)59-52-45-40-39-43-50-57-70(7)10-3)94-77(82)61-54-47-38-33-28-27-30-35-42-49-56-69(6)9-2/h68-73,78H,8-67H2,1-7H3,(H,83,84)(H,85,86)/t69?,70?,71-,72-,73-/m1/s1. The van der Waals surface area contributed by atoms with Crippen LogP contribution in [0.3, 0.4) is 0 Å². The van der Waals surface area contributed by atoms with Gasteiger partial charge in [-0.15, -0.1) is 0 Å². The Balaban J connectivity index is 5.26. The summed E-state index contributed by atoms with van der Waals surface area (Å²) in [6.07, 6.45) is 54.0. The molecule has 3 N–H and O–H groups in total. The third-order valence-electron chi connectivity index (χ3n) is 18.6. The van der Waals surface area contributed by atoms with Crippen LogP contribution in [-0.2, 0) is 65.4 Å². The van der Waals surface area contributed by atoms with E-state index in [-0.39, 0.29) is 25.7 Å². The smallest absolute Gasteiger partial charge is 0.462 e. The molecule has 96 heavy (non-hydrogen) atoms. The van der Waals surface area contributed by atoms with Gasteiger partial charge in [-0.2, -0.15) is 0 Å². The van der Waals surface area contributed by atoms with Gasteiger partial charge in [-0.3, -0.25) is 37.3 Å². The van der Waals surface area contributed by atoms with Gasteiger partial charge in [-0.1, -0.05) is 344 Å². The topological polar surface area (TPSA) is 237 Å². The second kappa shape index (κ2) is 67.5. The first-order valence-corrected chi connectivity index (χ1v) is 42.9. The molecule has 0 radical (unpaired) electrons. The maximum absolute atomic E-state index is 13.1. The number of carbonyl (C=O) groups is 4. The highest BCUT2D eigenvalue weighted by atomic mass is 31.2. The van der Waals surface area contributed by atoms with Crippen LogP contribution in [0.1, 0.15) is 395 Å². The number of ether oxygens (including phenoxy) is 4. The van der Waals surface area contributed by atoms with Crippen LogP contribution in [0.2, 0.25) is 0 Å². The van der Waals surface area contributed by atoms with E-state index in [4.69, 9.17) is 37.0 Å². The summed E-state index contributed by atoms with van der Waals surface area (Å²) >= 11 is 0. The van der Waals surface area contributed by atoms with Crippen molar-refractivity contribution in [1.29, 1.82) is 0 Å². The summed E-state index contributed by atoms with van der Waals surface area (Å²) < 4.78 is 68.6. The van der Waals surface area contributed by atoms with Gasteiger partial charge in [-0.25, -0.2) is 9.13 Å². The van der Waals surface area contributed by atoms with Crippen molar-refractivity contribution in [2.24, 2.45) is 17.8 Å². The molecule has 0 aromatic carbocycles. The van der Waals surface area contributed by atoms with E-state index in [0.29, 0.717) is 25.7 Å². The quantitative estimate of drug-likeness (QED) is 0.0222. The van der Waals surface area contributed by atoms with E-state index in [0.717, 1.165) is 114 Å². The van der Waals surface area contributed by atoms with Crippen molar-refractivity contribution in [2.75, 3.05) is 39.6 Å². The summed E-state index contributed by atoms with van der Waals surface area (Å²) in [7, 11) is -9.92. The zero-order chi connectivity index (χ0) is 70.9. The summed E-state index contributed by atoms with van der Waals surface area (Å²) in [6, 6.07) is 0. The molecule has 19 heteroatoms. The minimum Gasteiger partial charge on any atom is -0.462 e. The largest absolute Gasteiger partial charge is 0.472 e. The van der Waals surface area contributed by atoms with Crippen LogP contribution in [0, 0.1) is 17.8 Å². The molecule has 0 heterocycles. The number of rotatable bonds is 75. The molecule has 0 rings (SSSR count). The molecule has 0 amide bonds. The first kappa shape index (κ1) is 94.1. The highest BCUT2D eigenvalue weighted by Gasteiger charge is 2.30. The van der Waals surface area contributed by atoms with Gasteiger partial charge in [-0.05, 0) is 43.4 Å². The first-order chi connectivity index (χ1) is 46.3. The zero-order valence-corrected chi connectivity index (χ0v) is 64.6. The molecule has 0 aromatic rings. The number of phosphoric acid groups is 2. The minimum atomic E-state index is -4.96. The maximum Gasteiger partial charge on any atom is 0.472 e. The monoisotopic (exact) mass is 1410 g/mol. The fourth-order valence-electron chi connectivity index (χ4n) is 11.7. The fraction of sp³-hybridized carbons (Fsp3) is 0.948. The Bertz CT molecular complexity index is 1870. The van der Waals surface area contributed by atoms with Crippen molar-refractivity contribution >= 4 is 39.5 Å². The molecule has 0 bridgehead atoms. The van der Waals surface area contributed by atoms with E-state index in [9.17, 15) is 43.2 Å². The normalized spacial score (nSPS) is 14.6. The highest BCUT2D eigenvalue weighted by molar-refractivity contribution is 7.47. The molecule has 0 spiro atoms. The van der Waals surface area contributed by atoms with E-state index < -0.39 is 97.5 Å². The average molecular weight is 1410 g/mol. The summed E-state index contributed by atoms with van der Waals surface area (Å²) in [5, 5.41) is 10.6. The van der Waals surface area contributed by atoms with Gasteiger partial charge in [0, 0.05) is 25.7 Å². The molecule has 0 aromatic heterocycles. The van der Waals surface area contributed by atoms with E-state index in [1.807, 2.05) is 0 Å². The van der Waals surface area contributed by atoms with Gasteiger partial charge in [0.1, 0.15) is 19.3 Å². The van der Waals surface area contributed by atoms with Crippen LogP contribution in [-0.4, -0.2) is 96.7 Å². The van der Waals surface area contributed by atoms with Crippen LogP contribution in [0.5, 0.6) is 0 Å². The van der Waals surface area contributed by atoms with Crippen molar-refractivity contribution in [3.8, 4) is 0 Å². The number of hydrogen-bond donors (Lipinski definition) is 3. The van der Waals surface area contributed by atoms with Crippen LogP contribution >= 0.6 is 15.6 Å². The second-order valence-electron chi connectivity index (χ2n) is 28.7. The van der Waals surface area contributed by atoms with E-state index in [1.54, 1.807) is 0 Å². The number of hydrogen-bond acceptors (Lipinski definition) is 15. The molecule has 570 valence electrons. The van der Waals surface area contributed by atoms with E-state index >= 15 is 0 Å². The molecule has 0 saturated heterocycles. The zero-order valence-electron chi connectivity index (χ0n) is 62.8. The number of phosphoric ester groups is 2. The highest BCUT2D eigenvalue weighted by Crippen LogP contribution is 2.45. The molecule has 0 fully saturated rings. The van der Waals surface area contributed by atoms with Crippen molar-refractivity contribution in [2.45, 2.75) is 414 Å². The van der Waals surface area contributed by atoms with Crippen molar-refractivity contribution < 1.29 is 80.2 Å². The summed E-state index contributed by atoms with van der Waals surface area (Å²) in [6.45, 7) is 11.9. The number of aliphatic hydroxyl groups is 1. The SMILES string of the molecule is CCCCCCCCCCCCCCCCCC(=O)OC[C@H](COP(=O)(O)OC[C@@H](O)COP(=O)(O)OC[C@@H](COC(=O)CCCCCCCCC(C)CC)OC(=O)CCCCCCCCCCCCC(C)CC)OC(=O)CCCCCCCCCCCCCCCCC(C)C. The van der Waals surface area contributed by atoms with Gasteiger partial charge in [0.2, 0.25) is 0 Å². The Labute approximate surface area is 588 Å². The number of esters is 4. The fourth-order valence-corrected chi connectivity index (χ4v) is 13.3. The lowest BCUT2D eigenvalue weighted by atomic mass is 9.99. The molecule has 0 aliphatic rings. The van der Waals surface area contributed by atoms with Crippen molar-refractivity contribution in [3.05, 3.63) is 0 Å². The lowest BCUT2D eigenvalue weighted by Gasteiger charge is -2.21. The van der Waals surface area contributed by atoms with Crippen LogP contribution < -0.4 is 0 Å². The van der Waals surface area contributed by atoms with Gasteiger partial charge in [0.15, 0.2) is 12.2 Å². The lowest BCUT2D eigenvalue weighted by molar-refractivity contribution is -0.161. The Morgan fingerprint density at radius 1 is 0.302 bits per heavy atom. The number of aliphatic hydroxyl groups excluding tert-OH is 1. The van der Waals surface area contributed by atoms with Crippen LogP contribution in [0.15, 0.2) is 0 Å². The summed E-state index contributed by atoms with van der Waals surface area (Å²) in [5.74, 6) is 0.213. The van der Waals surface area contributed by atoms with Gasteiger partial charge >= 0.3 is 39.5 Å². The van der Waals surface area contributed by atoms with Crippen LogP contribution in [0.4, 0.5) is 0 Å². The molecule has 0 aliphatic carbocycles. The van der Waals surface area contributed by atoms with E-state index in [1.165, 1.54) is 199 Å². The summed E-state index contributed by atoms with van der Waals surface area (Å²) in [4.78, 5) is 72.9. The summed E-state index contributed by atoms with van der Waals surface area (Å²) in [5.41, 5.74) is 0. The van der Waals surface area contributed by atoms with Crippen LogP contribution in [0.25, 0.3) is 0 Å². The van der Waals surface area contributed by atoms with E-state index in [2.05, 4.69) is 48.5 Å². The number of carbonyl (C=O) groups excluding carboxylic acids is 4. The lowest BCUT2D eigenvalue weighted by Crippen LogP contribution is -2.30. The third-order valence-corrected chi connectivity index (χ3v) is 20.5. The number of unbranched alkanes of at least 4 members (excludes halogenated alkanes) is 41. The molecule has 0 saturated carbocycles. The predicted octanol–water partition coefficient (Wildman–Crippen LogP) is 22.6. The Kier molecular flexibility index (Phi) is 66.2. The van der Waals surface area contributed by atoms with Gasteiger partial charge < -0.3 is 33.8 Å². The Morgan fingerprint density at radius 3 is 0.792 bits per heavy atom. The van der Waals surface area contributed by atoms with Gasteiger partial charge in [0.25, 0.3) is 0 Å². The van der Waals surface area contributed by atoms with Crippen molar-refractivity contribution in [3.63, 3.8) is 0 Å². The molecule has 4 unspecified atom stereocenters. The first-order valence-electron chi connectivity index (χ1n) is 39.9. The predicted molar refractivity (Wildman–Crippen MR) is 391 cm³/mol. The Morgan fingerprint density at radius 2 is 0.531 bits per heavy atom. The third kappa shape index (κ3) is 67.9. The second-order valence-corrected chi connectivity index (χ2v) is 31.6.